The molecule has 0 spiro atoms. The molecule has 1 aromatic heterocycles. The number of nitro benzene ring substituents is 1. The van der Waals surface area contributed by atoms with Crippen LogP contribution in [0.2, 0.25) is 5.02 Å². The number of ether oxygens (including phenoxy) is 1. The summed E-state index contributed by atoms with van der Waals surface area (Å²) in [5, 5.41) is 12.1. The Labute approximate surface area is 200 Å². The molecule has 1 aliphatic rings. The maximum Gasteiger partial charge on any atom is 0.269 e. The first-order valence-electron chi connectivity index (χ1n) is 10.6. The van der Waals surface area contributed by atoms with Crippen LogP contribution in [0.1, 0.15) is 12.0 Å². The van der Waals surface area contributed by atoms with Gasteiger partial charge in [-0.2, -0.15) is 0 Å². The number of fused-ring (bicyclic) bond motifs is 1. The number of halogens is 1. The van der Waals surface area contributed by atoms with E-state index >= 15 is 0 Å². The third-order valence-electron chi connectivity index (χ3n) is 5.32. The zero-order valence-electron chi connectivity index (χ0n) is 17.9. The molecular weight excluding hydrogens is 464 g/mol. The van der Waals surface area contributed by atoms with Crippen molar-refractivity contribution in [3.05, 3.63) is 69.2 Å². The molecule has 33 heavy (non-hydrogen) atoms. The summed E-state index contributed by atoms with van der Waals surface area (Å²) in [6.07, 6.45) is 3.94. The van der Waals surface area contributed by atoms with E-state index in [1.54, 1.807) is 29.2 Å². The van der Waals surface area contributed by atoms with Crippen LogP contribution in [-0.4, -0.2) is 60.1 Å². The van der Waals surface area contributed by atoms with Crippen LogP contribution in [0.4, 0.5) is 10.8 Å². The van der Waals surface area contributed by atoms with Gasteiger partial charge in [-0.25, -0.2) is 4.98 Å². The number of non-ortho nitro benzene ring substituents is 1. The normalized spacial score (nSPS) is 14.7. The van der Waals surface area contributed by atoms with Crippen molar-refractivity contribution in [2.24, 2.45) is 0 Å². The number of hydrogen-bond acceptors (Lipinski definition) is 7. The van der Waals surface area contributed by atoms with Crippen LogP contribution >= 0.6 is 22.9 Å². The minimum absolute atomic E-state index is 0.0105. The maximum absolute atomic E-state index is 13.2. The van der Waals surface area contributed by atoms with Gasteiger partial charge in [0.05, 0.1) is 28.4 Å². The Morgan fingerprint density at radius 1 is 1.24 bits per heavy atom. The Morgan fingerprint density at radius 3 is 2.73 bits per heavy atom. The van der Waals surface area contributed by atoms with Crippen LogP contribution in [0.25, 0.3) is 16.3 Å². The van der Waals surface area contributed by atoms with Gasteiger partial charge in [0.1, 0.15) is 0 Å². The number of hydrogen-bond donors (Lipinski definition) is 0. The van der Waals surface area contributed by atoms with Crippen molar-refractivity contribution >= 4 is 56.0 Å². The number of benzene rings is 2. The van der Waals surface area contributed by atoms with Crippen LogP contribution in [0, 0.1) is 10.1 Å². The molecule has 1 fully saturated rings. The SMILES string of the molecule is O=C(/C=C/c1ccc([N+](=O)[O-])cc1)N(CCCN1CCOCC1)c1nc2ccc(Cl)cc2s1. The fraction of sp³-hybridized carbons (Fsp3) is 0.304. The highest BCUT2D eigenvalue weighted by molar-refractivity contribution is 7.22. The molecule has 0 atom stereocenters. The number of thiazole rings is 1. The van der Waals surface area contributed by atoms with E-state index in [1.165, 1.54) is 29.5 Å². The molecular formula is C23H23ClN4O4S. The third kappa shape index (κ3) is 6.14. The molecule has 2 heterocycles. The monoisotopic (exact) mass is 486 g/mol. The first-order valence-corrected chi connectivity index (χ1v) is 11.8. The molecule has 1 amide bonds. The lowest BCUT2D eigenvalue weighted by Crippen LogP contribution is -2.39. The van der Waals surface area contributed by atoms with Crippen molar-refractivity contribution in [3.63, 3.8) is 0 Å². The molecule has 4 rings (SSSR count). The van der Waals surface area contributed by atoms with Gasteiger partial charge in [-0.1, -0.05) is 22.9 Å². The maximum atomic E-state index is 13.2. The van der Waals surface area contributed by atoms with E-state index in [0.717, 1.165) is 49.5 Å². The summed E-state index contributed by atoms with van der Waals surface area (Å²) in [6.45, 7) is 4.66. The van der Waals surface area contributed by atoms with Crippen LogP contribution < -0.4 is 4.90 Å². The molecule has 0 saturated carbocycles. The predicted molar refractivity (Wildman–Crippen MR) is 131 cm³/mol. The third-order valence-corrected chi connectivity index (χ3v) is 6.59. The van der Waals surface area contributed by atoms with E-state index in [9.17, 15) is 14.9 Å². The number of nitrogens with zero attached hydrogens (tertiary/aromatic N) is 4. The fourth-order valence-electron chi connectivity index (χ4n) is 3.54. The number of aromatic nitrogens is 1. The van der Waals surface area contributed by atoms with Crippen LogP contribution in [0.3, 0.4) is 0 Å². The Morgan fingerprint density at radius 2 is 2.00 bits per heavy atom. The summed E-state index contributed by atoms with van der Waals surface area (Å²) < 4.78 is 6.32. The van der Waals surface area contributed by atoms with E-state index in [4.69, 9.17) is 16.3 Å². The number of morpholine rings is 1. The number of carbonyl (C=O) groups excluding carboxylic acids is 1. The largest absolute Gasteiger partial charge is 0.379 e. The molecule has 3 aromatic rings. The summed E-state index contributed by atoms with van der Waals surface area (Å²) in [5.41, 5.74) is 1.51. The lowest BCUT2D eigenvalue weighted by Gasteiger charge is -2.27. The van der Waals surface area contributed by atoms with Crippen molar-refractivity contribution in [3.8, 4) is 0 Å². The van der Waals surface area contributed by atoms with Crippen molar-refractivity contribution in [2.75, 3.05) is 44.3 Å². The van der Waals surface area contributed by atoms with Gasteiger partial charge >= 0.3 is 0 Å². The average molecular weight is 487 g/mol. The van der Waals surface area contributed by atoms with Crippen LogP contribution in [-0.2, 0) is 9.53 Å². The molecule has 1 saturated heterocycles. The Bertz CT molecular complexity index is 1160. The van der Waals surface area contributed by atoms with Crippen LogP contribution in [0.15, 0.2) is 48.5 Å². The molecule has 10 heteroatoms. The number of anilines is 1. The van der Waals surface area contributed by atoms with Gasteiger partial charge in [0.15, 0.2) is 5.13 Å². The van der Waals surface area contributed by atoms with Gasteiger partial charge in [0, 0.05) is 49.4 Å². The molecule has 0 N–H and O–H groups in total. The summed E-state index contributed by atoms with van der Waals surface area (Å²) in [5.74, 6) is -0.194. The Balaban J connectivity index is 1.51. The van der Waals surface area contributed by atoms with Crippen molar-refractivity contribution in [2.45, 2.75) is 6.42 Å². The first kappa shape index (κ1) is 23.3. The van der Waals surface area contributed by atoms with Crippen molar-refractivity contribution in [1.82, 2.24) is 9.88 Å². The van der Waals surface area contributed by atoms with E-state index in [0.29, 0.717) is 22.3 Å². The zero-order valence-corrected chi connectivity index (χ0v) is 19.4. The number of rotatable bonds is 8. The first-order chi connectivity index (χ1) is 16.0. The zero-order chi connectivity index (χ0) is 23.2. The highest BCUT2D eigenvalue weighted by Crippen LogP contribution is 2.31. The topological polar surface area (TPSA) is 88.8 Å². The second-order valence-corrected chi connectivity index (χ2v) is 9.03. The quantitative estimate of drug-likeness (QED) is 0.262. The summed E-state index contributed by atoms with van der Waals surface area (Å²) in [6, 6.07) is 11.5. The summed E-state index contributed by atoms with van der Waals surface area (Å²) in [7, 11) is 0. The van der Waals surface area contributed by atoms with Gasteiger partial charge in [-0.3, -0.25) is 24.7 Å². The Hall–Kier alpha value is -2.85. The highest BCUT2D eigenvalue weighted by atomic mass is 35.5. The number of amides is 1. The summed E-state index contributed by atoms with van der Waals surface area (Å²) >= 11 is 7.54. The highest BCUT2D eigenvalue weighted by Gasteiger charge is 2.19. The minimum atomic E-state index is -0.450. The molecule has 0 radical (unpaired) electrons. The second-order valence-electron chi connectivity index (χ2n) is 7.59. The van der Waals surface area contributed by atoms with Gasteiger partial charge in [0.25, 0.3) is 11.6 Å². The fourth-order valence-corrected chi connectivity index (χ4v) is 4.82. The Kier molecular flexibility index (Phi) is 7.66. The molecule has 0 bridgehead atoms. The van der Waals surface area contributed by atoms with E-state index in [-0.39, 0.29) is 11.6 Å². The van der Waals surface area contributed by atoms with E-state index in [1.807, 2.05) is 12.1 Å². The van der Waals surface area contributed by atoms with Crippen molar-refractivity contribution < 1.29 is 14.5 Å². The summed E-state index contributed by atoms with van der Waals surface area (Å²) in [4.78, 5) is 32.2. The number of nitro groups is 1. The lowest BCUT2D eigenvalue weighted by atomic mass is 10.2. The predicted octanol–water partition coefficient (Wildman–Crippen LogP) is 4.63. The molecule has 1 aliphatic heterocycles. The molecule has 0 unspecified atom stereocenters. The number of carbonyl (C=O) groups is 1. The second kappa shape index (κ2) is 10.8. The van der Waals surface area contributed by atoms with Gasteiger partial charge in [-0.05, 0) is 48.4 Å². The smallest absolute Gasteiger partial charge is 0.269 e. The van der Waals surface area contributed by atoms with Gasteiger partial charge in [0.2, 0.25) is 0 Å². The van der Waals surface area contributed by atoms with E-state index < -0.39 is 4.92 Å². The van der Waals surface area contributed by atoms with Gasteiger partial charge in [-0.15, -0.1) is 0 Å². The average Bonchev–Trinajstić information content (AvgIpc) is 3.24. The van der Waals surface area contributed by atoms with Gasteiger partial charge < -0.3 is 4.74 Å². The minimum Gasteiger partial charge on any atom is -0.379 e. The van der Waals surface area contributed by atoms with Crippen LogP contribution in [0.5, 0.6) is 0 Å². The standard InChI is InChI=1S/C23H23ClN4O4S/c24-18-5-8-20-21(16-18)33-23(25-20)27(11-1-10-26-12-14-32-15-13-26)22(29)9-4-17-2-6-19(7-3-17)28(30)31/h2-9,16H,1,10-15H2/b9-4+. The molecule has 8 nitrogen and oxygen atoms in total. The lowest BCUT2D eigenvalue weighted by molar-refractivity contribution is -0.384. The van der Waals surface area contributed by atoms with Crippen molar-refractivity contribution in [1.29, 1.82) is 0 Å². The molecule has 0 aliphatic carbocycles. The molecule has 172 valence electrons. The van der Waals surface area contributed by atoms with E-state index in [2.05, 4.69) is 9.88 Å². The molecule has 2 aromatic carbocycles.